The highest BCUT2D eigenvalue weighted by atomic mass is 16.5. The Labute approximate surface area is 82.5 Å². The number of hydrogen-bond acceptors (Lipinski definition) is 5. The predicted octanol–water partition coefficient (Wildman–Crippen LogP) is -1.58. The van der Waals surface area contributed by atoms with Crippen molar-refractivity contribution < 1.29 is 24.9 Å². The number of aliphatic hydroxyl groups is 2. The van der Waals surface area contributed by atoms with Crippen LogP contribution in [0.3, 0.4) is 0 Å². The van der Waals surface area contributed by atoms with Crippen LogP contribution >= 0.6 is 0 Å². The zero-order valence-corrected chi connectivity index (χ0v) is 8.14. The number of methoxy groups -OCH3 is 1. The number of nitrogens with one attached hydrogen (secondary N) is 1. The van der Waals surface area contributed by atoms with Crippen LogP contribution < -0.4 is 5.32 Å². The Kier molecular flexibility index (Phi) is 7.31. The van der Waals surface area contributed by atoms with Gasteiger partial charge in [-0.3, -0.25) is 4.79 Å². The molecule has 6 nitrogen and oxygen atoms in total. The highest BCUT2D eigenvalue weighted by Crippen LogP contribution is 1.91. The van der Waals surface area contributed by atoms with Crippen molar-refractivity contribution in [2.24, 2.45) is 0 Å². The molecule has 0 aromatic carbocycles. The number of carbonyl (C=O) groups is 1. The number of aliphatic hydroxyl groups excluding tert-OH is 2. The maximum atomic E-state index is 10.2. The smallest absolute Gasteiger partial charge is 0.306 e. The van der Waals surface area contributed by atoms with Gasteiger partial charge in [-0.15, -0.1) is 0 Å². The van der Waals surface area contributed by atoms with Crippen molar-refractivity contribution in [2.45, 2.75) is 18.6 Å². The number of aliphatic carboxylic acids is 1. The van der Waals surface area contributed by atoms with E-state index in [9.17, 15) is 4.79 Å². The maximum Gasteiger partial charge on any atom is 0.306 e. The quantitative estimate of drug-likeness (QED) is 0.383. The maximum absolute atomic E-state index is 10.2. The van der Waals surface area contributed by atoms with Crippen molar-refractivity contribution in [1.29, 1.82) is 0 Å². The van der Waals surface area contributed by atoms with E-state index in [0.717, 1.165) is 0 Å². The summed E-state index contributed by atoms with van der Waals surface area (Å²) in [4.78, 5) is 10.2. The molecule has 14 heavy (non-hydrogen) atoms. The van der Waals surface area contributed by atoms with Crippen LogP contribution in [0.5, 0.6) is 0 Å². The van der Waals surface area contributed by atoms with Gasteiger partial charge < -0.3 is 25.4 Å². The lowest BCUT2D eigenvalue weighted by Gasteiger charge is -2.17. The number of ether oxygens (including phenoxy) is 1. The first-order chi connectivity index (χ1) is 6.60. The van der Waals surface area contributed by atoms with Crippen LogP contribution in [0, 0.1) is 0 Å². The molecule has 2 atom stereocenters. The average Bonchev–Trinajstić information content (AvgIpc) is 2.11. The molecule has 0 aliphatic rings. The van der Waals surface area contributed by atoms with Gasteiger partial charge >= 0.3 is 5.97 Å². The van der Waals surface area contributed by atoms with Crippen molar-refractivity contribution in [3.63, 3.8) is 0 Å². The molecule has 0 heterocycles. The van der Waals surface area contributed by atoms with Crippen LogP contribution in [0.15, 0.2) is 0 Å². The Balaban J connectivity index is 3.61. The lowest BCUT2D eigenvalue weighted by molar-refractivity contribution is -0.139. The van der Waals surface area contributed by atoms with E-state index in [4.69, 9.17) is 20.1 Å². The third kappa shape index (κ3) is 6.79. The summed E-state index contributed by atoms with van der Waals surface area (Å²) in [5.74, 6) is -1.05. The van der Waals surface area contributed by atoms with Crippen molar-refractivity contribution in [1.82, 2.24) is 5.32 Å². The lowest BCUT2D eigenvalue weighted by Crippen LogP contribution is -2.41. The van der Waals surface area contributed by atoms with Crippen molar-refractivity contribution in [3.05, 3.63) is 0 Å². The minimum atomic E-state index is -1.05. The fourth-order valence-electron chi connectivity index (χ4n) is 0.954. The highest BCUT2D eigenvalue weighted by Gasteiger charge is 2.12. The number of hydrogen-bond donors (Lipinski definition) is 4. The number of carboxylic acids is 1. The monoisotopic (exact) mass is 207 g/mol. The van der Waals surface area contributed by atoms with Crippen molar-refractivity contribution in [2.75, 3.05) is 26.9 Å². The fraction of sp³-hybridized carbons (Fsp3) is 0.875. The summed E-state index contributed by atoms with van der Waals surface area (Å²) in [6.45, 7) is 0.324. The zero-order valence-electron chi connectivity index (χ0n) is 8.14. The van der Waals surface area contributed by atoms with Gasteiger partial charge in [0.2, 0.25) is 0 Å². The van der Waals surface area contributed by atoms with Gasteiger partial charge in [0.1, 0.15) is 0 Å². The first kappa shape index (κ1) is 13.3. The molecule has 0 fully saturated rings. The predicted molar refractivity (Wildman–Crippen MR) is 49.0 cm³/mol. The lowest BCUT2D eigenvalue weighted by atomic mass is 10.2. The molecule has 0 saturated carbocycles. The number of carboxylic acid groups (broad SMARTS) is 1. The minimum absolute atomic E-state index is 0.117. The average molecular weight is 207 g/mol. The Morgan fingerprint density at radius 2 is 2.21 bits per heavy atom. The molecule has 0 aromatic rings. The fourth-order valence-corrected chi connectivity index (χ4v) is 0.954. The molecule has 84 valence electrons. The SMILES string of the molecule is COCC(CO)NCC(O)CC(=O)O. The largest absolute Gasteiger partial charge is 0.481 e. The van der Waals surface area contributed by atoms with Gasteiger partial charge in [0.15, 0.2) is 0 Å². The molecule has 0 amide bonds. The molecule has 0 spiro atoms. The van der Waals surface area contributed by atoms with Crippen molar-refractivity contribution in [3.8, 4) is 0 Å². The van der Waals surface area contributed by atoms with E-state index < -0.39 is 12.1 Å². The molecule has 2 unspecified atom stereocenters. The summed E-state index contributed by atoms with van der Waals surface area (Å²) >= 11 is 0. The molecular formula is C8H17NO5. The van der Waals surface area contributed by atoms with E-state index in [1.165, 1.54) is 7.11 Å². The molecule has 4 N–H and O–H groups in total. The Bertz CT molecular complexity index is 164. The summed E-state index contributed by atoms with van der Waals surface area (Å²) in [5, 5.41) is 29.1. The second-order valence-corrected chi connectivity index (χ2v) is 2.99. The van der Waals surface area contributed by atoms with E-state index in [0.29, 0.717) is 6.61 Å². The van der Waals surface area contributed by atoms with E-state index >= 15 is 0 Å². The molecular weight excluding hydrogens is 190 g/mol. The van der Waals surface area contributed by atoms with Gasteiger partial charge in [0.25, 0.3) is 0 Å². The van der Waals surface area contributed by atoms with Crippen LogP contribution in [0.2, 0.25) is 0 Å². The zero-order chi connectivity index (χ0) is 11.0. The topological polar surface area (TPSA) is 99.0 Å². The van der Waals surface area contributed by atoms with Crippen LogP contribution in [0.25, 0.3) is 0 Å². The molecule has 0 radical (unpaired) electrons. The first-order valence-electron chi connectivity index (χ1n) is 4.33. The number of rotatable bonds is 8. The molecule has 0 aromatic heterocycles. The minimum Gasteiger partial charge on any atom is -0.481 e. The molecule has 0 saturated heterocycles. The van der Waals surface area contributed by atoms with E-state index in [2.05, 4.69) is 5.32 Å². The summed E-state index contributed by atoms with van der Waals surface area (Å²) in [6.07, 6.45) is -1.25. The van der Waals surface area contributed by atoms with Crippen molar-refractivity contribution >= 4 is 5.97 Å². The summed E-state index contributed by atoms with van der Waals surface area (Å²) in [5.41, 5.74) is 0. The summed E-state index contributed by atoms with van der Waals surface area (Å²) in [6, 6.07) is -0.275. The Morgan fingerprint density at radius 3 is 2.64 bits per heavy atom. The van der Waals surface area contributed by atoms with Crippen LogP contribution in [0.4, 0.5) is 0 Å². The molecule has 0 bridgehead atoms. The third-order valence-corrected chi connectivity index (χ3v) is 1.64. The van der Waals surface area contributed by atoms with Gasteiger partial charge in [0, 0.05) is 13.7 Å². The van der Waals surface area contributed by atoms with Gasteiger partial charge in [-0.25, -0.2) is 0 Å². The van der Waals surface area contributed by atoms with Gasteiger partial charge in [-0.2, -0.15) is 0 Å². The first-order valence-corrected chi connectivity index (χ1v) is 4.33. The third-order valence-electron chi connectivity index (χ3n) is 1.64. The van der Waals surface area contributed by atoms with Gasteiger partial charge in [-0.1, -0.05) is 0 Å². The van der Waals surface area contributed by atoms with Gasteiger partial charge in [-0.05, 0) is 0 Å². The molecule has 6 heteroatoms. The summed E-state index contributed by atoms with van der Waals surface area (Å²) in [7, 11) is 1.50. The second-order valence-electron chi connectivity index (χ2n) is 2.99. The van der Waals surface area contributed by atoms with Crippen LogP contribution in [-0.4, -0.2) is 60.3 Å². The highest BCUT2D eigenvalue weighted by molar-refractivity contribution is 5.67. The molecule has 0 aliphatic heterocycles. The van der Waals surface area contributed by atoms with E-state index in [-0.39, 0.29) is 25.6 Å². The normalized spacial score (nSPS) is 15.1. The standard InChI is InChI=1S/C8H17NO5/c1-14-5-6(4-10)9-3-7(11)2-8(12)13/h6-7,9-11H,2-5H2,1H3,(H,12,13). The van der Waals surface area contributed by atoms with Crippen LogP contribution in [-0.2, 0) is 9.53 Å². The van der Waals surface area contributed by atoms with Gasteiger partial charge in [0.05, 0.1) is 31.8 Å². The summed E-state index contributed by atoms with van der Waals surface area (Å²) < 4.78 is 4.79. The molecule has 0 aliphatic carbocycles. The Morgan fingerprint density at radius 1 is 1.57 bits per heavy atom. The Hall–Kier alpha value is -0.690. The molecule has 0 rings (SSSR count). The van der Waals surface area contributed by atoms with E-state index in [1.54, 1.807) is 0 Å². The van der Waals surface area contributed by atoms with Crippen LogP contribution in [0.1, 0.15) is 6.42 Å². The second kappa shape index (κ2) is 7.69. The van der Waals surface area contributed by atoms with E-state index in [1.807, 2.05) is 0 Å².